The number of amides is 2. The fourth-order valence-corrected chi connectivity index (χ4v) is 6.24. The molecule has 2 fully saturated rings. The Balaban J connectivity index is 0.00000432. The highest BCUT2D eigenvalue weighted by molar-refractivity contribution is 7.91. The van der Waals surface area contributed by atoms with E-state index < -0.39 is 45.8 Å². The molecule has 0 saturated carbocycles. The second-order valence-electron chi connectivity index (χ2n) is 9.31. The number of sulfone groups is 1. The summed E-state index contributed by atoms with van der Waals surface area (Å²) >= 11 is 0. The van der Waals surface area contributed by atoms with Gasteiger partial charge in [0.15, 0.2) is 9.84 Å². The van der Waals surface area contributed by atoms with Gasteiger partial charge in [0.25, 0.3) is 0 Å². The van der Waals surface area contributed by atoms with E-state index in [1.165, 1.54) is 12.1 Å². The average molecular weight is 530 g/mol. The lowest BCUT2D eigenvalue weighted by Gasteiger charge is -2.33. The Bertz CT molecular complexity index is 953. The highest BCUT2D eigenvalue weighted by Gasteiger charge is 2.32. The first-order valence-corrected chi connectivity index (χ1v) is 13.7. The third kappa shape index (κ3) is 9.09. The van der Waals surface area contributed by atoms with Gasteiger partial charge >= 0.3 is 5.97 Å². The van der Waals surface area contributed by atoms with Crippen molar-refractivity contribution in [2.75, 3.05) is 31.9 Å². The molecule has 0 bridgehead atoms. The molecule has 35 heavy (non-hydrogen) atoms. The number of hydrogen-bond acceptors (Lipinski definition) is 6. The van der Waals surface area contributed by atoms with Gasteiger partial charge in [0.2, 0.25) is 11.8 Å². The molecule has 3 N–H and O–H groups in total. The van der Waals surface area contributed by atoms with Crippen molar-refractivity contribution in [2.45, 2.75) is 55.9 Å². The zero-order valence-corrected chi connectivity index (χ0v) is 21.5. The summed E-state index contributed by atoms with van der Waals surface area (Å²) in [5.74, 6) is -1.97. The van der Waals surface area contributed by atoms with Crippen LogP contribution in [0.25, 0.3) is 0 Å². The van der Waals surface area contributed by atoms with Gasteiger partial charge in [-0.2, -0.15) is 0 Å². The first-order valence-electron chi connectivity index (χ1n) is 12.0. The number of hydrogen-bond donors (Lipinski definition) is 3. The Morgan fingerprint density at radius 2 is 1.80 bits per heavy atom. The number of aliphatic carboxylic acids is 1. The monoisotopic (exact) mass is 529 g/mol. The molecule has 2 atom stereocenters. The number of carboxylic acid groups (broad SMARTS) is 1. The molecule has 0 aromatic heterocycles. The van der Waals surface area contributed by atoms with Gasteiger partial charge in [0, 0.05) is 19.5 Å². The van der Waals surface area contributed by atoms with Gasteiger partial charge in [-0.15, -0.1) is 12.4 Å². The van der Waals surface area contributed by atoms with Crippen molar-refractivity contribution in [3.05, 3.63) is 30.3 Å². The molecule has 2 heterocycles. The quantitative estimate of drug-likeness (QED) is 0.421. The van der Waals surface area contributed by atoms with Gasteiger partial charge in [-0.1, -0.05) is 18.2 Å². The van der Waals surface area contributed by atoms with Crippen molar-refractivity contribution in [3.63, 3.8) is 0 Å². The second kappa shape index (κ2) is 13.8. The number of carbonyl (C=O) groups excluding carboxylic acids is 2. The van der Waals surface area contributed by atoms with Gasteiger partial charge in [-0.25, -0.2) is 8.42 Å². The Labute approximate surface area is 213 Å². The number of halogens is 1. The van der Waals surface area contributed by atoms with Crippen LogP contribution in [0.1, 0.15) is 44.9 Å². The summed E-state index contributed by atoms with van der Waals surface area (Å²) in [7, 11) is -3.77. The van der Waals surface area contributed by atoms with E-state index in [-0.39, 0.29) is 29.8 Å². The number of benzene rings is 1. The third-order valence-electron chi connectivity index (χ3n) is 6.66. The second-order valence-corrected chi connectivity index (χ2v) is 11.3. The molecule has 11 heteroatoms. The van der Waals surface area contributed by atoms with Crippen LogP contribution < -0.4 is 10.6 Å². The molecule has 2 saturated heterocycles. The smallest absolute Gasteiger partial charge is 0.305 e. The Morgan fingerprint density at radius 1 is 1.11 bits per heavy atom. The summed E-state index contributed by atoms with van der Waals surface area (Å²) in [4.78, 5) is 38.8. The van der Waals surface area contributed by atoms with E-state index in [1.807, 2.05) is 0 Å². The van der Waals surface area contributed by atoms with Crippen molar-refractivity contribution in [2.24, 2.45) is 11.8 Å². The predicted octanol–water partition coefficient (Wildman–Crippen LogP) is 1.86. The van der Waals surface area contributed by atoms with Gasteiger partial charge in [-0.05, 0) is 63.2 Å². The lowest BCUT2D eigenvalue weighted by atomic mass is 9.92. The highest BCUT2D eigenvalue weighted by atomic mass is 35.5. The molecule has 9 nitrogen and oxygen atoms in total. The molecule has 1 unspecified atom stereocenters. The minimum absolute atomic E-state index is 0. The maximum absolute atomic E-state index is 12.9. The number of carbonyl (C=O) groups is 3. The fraction of sp³-hybridized carbons (Fsp3) is 0.625. The Morgan fingerprint density at radius 3 is 2.46 bits per heavy atom. The van der Waals surface area contributed by atoms with Gasteiger partial charge in [0.05, 0.1) is 29.0 Å². The summed E-state index contributed by atoms with van der Waals surface area (Å²) in [5, 5.41) is 15.2. The van der Waals surface area contributed by atoms with Crippen LogP contribution in [0.4, 0.5) is 0 Å². The summed E-state index contributed by atoms with van der Waals surface area (Å²) in [5.41, 5.74) is 0. The molecule has 1 aromatic rings. The van der Waals surface area contributed by atoms with Gasteiger partial charge in [-0.3, -0.25) is 14.4 Å². The van der Waals surface area contributed by atoms with Crippen LogP contribution in [0, 0.1) is 11.8 Å². The minimum atomic E-state index is -3.77. The summed E-state index contributed by atoms with van der Waals surface area (Å²) in [6.07, 6.45) is 4.24. The molecule has 2 aliphatic heterocycles. The normalized spacial score (nSPS) is 19.9. The molecule has 2 amide bonds. The number of piperidine rings is 2. The minimum Gasteiger partial charge on any atom is -0.481 e. The molecule has 2 aliphatic rings. The number of nitrogens with one attached hydrogen (secondary N) is 2. The largest absolute Gasteiger partial charge is 0.481 e. The van der Waals surface area contributed by atoms with Crippen molar-refractivity contribution < 1.29 is 27.9 Å². The molecular formula is C24H36ClN3O6S. The van der Waals surface area contributed by atoms with Crippen LogP contribution in [0.2, 0.25) is 0 Å². The van der Waals surface area contributed by atoms with Crippen molar-refractivity contribution in [3.8, 4) is 0 Å². The van der Waals surface area contributed by atoms with Crippen LogP contribution in [-0.2, 0) is 24.2 Å². The van der Waals surface area contributed by atoms with Crippen molar-refractivity contribution in [1.82, 2.24) is 15.5 Å². The van der Waals surface area contributed by atoms with Crippen LogP contribution in [0.15, 0.2) is 35.2 Å². The standard InChI is InChI=1S/C24H35N3O6S.ClH/c28-22(9-8-18-10-12-25-13-11-18)27-14-4-5-19(16-27)24(31)26-20(15-23(29)30)17-34(32,33)21-6-2-1-3-7-21;/h1-3,6-7,18-20,25H,4-5,8-17H2,(H,26,31)(H,29,30);1H/t19-,20?;/m1./s1. The number of carboxylic acids is 1. The zero-order valence-electron chi connectivity index (χ0n) is 19.9. The van der Waals surface area contributed by atoms with E-state index in [2.05, 4.69) is 10.6 Å². The maximum atomic E-state index is 12.9. The van der Waals surface area contributed by atoms with Gasteiger partial charge in [0.1, 0.15) is 0 Å². The topological polar surface area (TPSA) is 133 Å². The van der Waals surface area contributed by atoms with E-state index in [0.29, 0.717) is 31.7 Å². The van der Waals surface area contributed by atoms with Crippen LogP contribution >= 0.6 is 12.4 Å². The molecule has 0 aliphatic carbocycles. The van der Waals surface area contributed by atoms with E-state index in [0.717, 1.165) is 32.4 Å². The van der Waals surface area contributed by atoms with Crippen LogP contribution in [0.5, 0.6) is 0 Å². The van der Waals surface area contributed by atoms with Crippen LogP contribution in [0.3, 0.4) is 0 Å². The van der Waals surface area contributed by atoms with E-state index in [4.69, 9.17) is 0 Å². The zero-order chi connectivity index (χ0) is 24.6. The lowest BCUT2D eigenvalue weighted by molar-refractivity contribution is -0.137. The third-order valence-corrected chi connectivity index (χ3v) is 8.49. The number of rotatable bonds is 10. The van der Waals surface area contributed by atoms with E-state index >= 15 is 0 Å². The Kier molecular flexibility index (Phi) is 11.5. The first kappa shape index (κ1) is 29.1. The number of nitrogens with zero attached hydrogens (tertiary/aromatic N) is 1. The highest BCUT2D eigenvalue weighted by Crippen LogP contribution is 2.22. The van der Waals surface area contributed by atoms with Gasteiger partial charge < -0.3 is 20.6 Å². The average Bonchev–Trinajstić information content (AvgIpc) is 2.83. The molecule has 0 spiro atoms. The van der Waals surface area contributed by atoms with Crippen molar-refractivity contribution >= 4 is 40.0 Å². The summed E-state index contributed by atoms with van der Waals surface area (Å²) in [6, 6.07) is 6.72. The molecule has 1 aromatic carbocycles. The van der Waals surface area contributed by atoms with E-state index in [9.17, 15) is 27.9 Å². The molecule has 196 valence electrons. The molecule has 3 rings (SSSR count). The summed E-state index contributed by atoms with van der Waals surface area (Å²) in [6.45, 7) is 2.86. The SMILES string of the molecule is Cl.O=C(O)CC(CS(=O)(=O)c1ccccc1)NC(=O)[C@@H]1CCCN(C(=O)CCC2CCNCC2)C1. The fourth-order valence-electron chi connectivity index (χ4n) is 4.74. The Hall–Kier alpha value is -2.17. The first-order chi connectivity index (χ1) is 16.2. The predicted molar refractivity (Wildman–Crippen MR) is 134 cm³/mol. The molecular weight excluding hydrogens is 494 g/mol. The van der Waals surface area contributed by atoms with Crippen molar-refractivity contribution in [1.29, 1.82) is 0 Å². The maximum Gasteiger partial charge on any atom is 0.305 e. The van der Waals surface area contributed by atoms with Crippen LogP contribution in [-0.4, -0.2) is 74.2 Å². The lowest BCUT2D eigenvalue weighted by Crippen LogP contribution is -2.49. The van der Waals surface area contributed by atoms with E-state index in [1.54, 1.807) is 23.1 Å². The summed E-state index contributed by atoms with van der Waals surface area (Å²) < 4.78 is 25.4. The number of likely N-dealkylation sites (tertiary alicyclic amines) is 1. The molecule has 0 radical (unpaired) electrons.